The van der Waals surface area contributed by atoms with Gasteiger partial charge in [-0.15, -0.1) is 0 Å². The molecule has 0 spiro atoms. The molecule has 1 heterocycles. The van der Waals surface area contributed by atoms with Crippen molar-refractivity contribution in [2.45, 2.75) is 13.8 Å². The van der Waals surface area contributed by atoms with Gasteiger partial charge in [-0.1, -0.05) is 18.2 Å². The predicted molar refractivity (Wildman–Crippen MR) is 110 cm³/mol. The van der Waals surface area contributed by atoms with Crippen LogP contribution in [-0.4, -0.2) is 34.9 Å². The third-order valence-electron chi connectivity index (χ3n) is 4.51. The molecule has 7 heteroatoms. The summed E-state index contributed by atoms with van der Waals surface area (Å²) >= 11 is 0. The summed E-state index contributed by atoms with van der Waals surface area (Å²) in [6.07, 6.45) is 1.54. The molecule has 2 aromatic carbocycles. The molecule has 29 heavy (non-hydrogen) atoms. The molecule has 0 saturated carbocycles. The van der Waals surface area contributed by atoms with Gasteiger partial charge < -0.3 is 14.4 Å². The number of hydrazone groups is 1. The molecule has 7 nitrogen and oxygen atoms in total. The number of esters is 1. The van der Waals surface area contributed by atoms with E-state index in [9.17, 15) is 14.7 Å². The molecule has 0 aliphatic carbocycles. The van der Waals surface area contributed by atoms with E-state index in [4.69, 9.17) is 4.74 Å². The average molecular weight is 391 g/mol. The van der Waals surface area contributed by atoms with Gasteiger partial charge in [0.25, 0.3) is 5.91 Å². The number of phenols is 1. The zero-order valence-electron chi connectivity index (χ0n) is 16.3. The number of nitrogens with zero attached hydrogens (tertiary/aromatic N) is 2. The largest absolute Gasteiger partial charge is 0.507 e. The summed E-state index contributed by atoms with van der Waals surface area (Å²) in [5, 5.41) is 13.7. The molecule has 1 aromatic heterocycles. The van der Waals surface area contributed by atoms with E-state index in [0.717, 1.165) is 22.6 Å². The van der Waals surface area contributed by atoms with Gasteiger partial charge in [0.05, 0.1) is 24.5 Å². The monoisotopic (exact) mass is 391 g/mol. The molecule has 2 N–H and O–H groups in total. The molecule has 0 bridgehead atoms. The van der Waals surface area contributed by atoms with E-state index in [1.54, 1.807) is 36.5 Å². The van der Waals surface area contributed by atoms with Crippen molar-refractivity contribution in [1.82, 2.24) is 9.99 Å². The number of benzene rings is 2. The maximum absolute atomic E-state index is 12.1. The Morgan fingerprint density at radius 1 is 1.10 bits per heavy atom. The van der Waals surface area contributed by atoms with Crippen LogP contribution in [0, 0.1) is 13.8 Å². The van der Waals surface area contributed by atoms with Crippen molar-refractivity contribution in [3.63, 3.8) is 0 Å². The Balaban J connectivity index is 1.83. The summed E-state index contributed by atoms with van der Waals surface area (Å²) < 4.78 is 6.77. The molecular formula is C22H21N3O4. The fourth-order valence-electron chi connectivity index (χ4n) is 3.09. The smallest absolute Gasteiger partial charge is 0.337 e. The Kier molecular flexibility index (Phi) is 5.78. The van der Waals surface area contributed by atoms with Gasteiger partial charge in [-0.05, 0) is 50.2 Å². The van der Waals surface area contributed by atoms with E-state index in [1.165, 1.54) is 19.2 Å². The van der Waals surface area contributed by atoms with E-state index < -0.39 is 11.9 Å². The van der Waals surface area contributed by atoms with Crippen LogP contribution in [0.4, 0.5) is 0 Å². The van der Waals surface area contributed by atoms with Gasteiger partial charge in [-0.25, -0.2) is 10.2 Å². The topological polar surface area (TPSA) is 92.9 Å². The number of hydrogen-bond donors (Lipinski definition) is 2. The number of amides is 1. The number of carbonyl (C=O) groups excluding carboxylic acids is 2. The fraction of sp³-hybridized carbons (Fsp3) is 0.136. The van der Waals surface area contributed by atoms with Crippen LogP contribution >= 0.6 is 0 Å². The Labute approximate surface area is 168 Å². The number of para-hydroxylation sites is 1. The van der Waals surface area contributed by atoms with Gasteiger partial charge in [0, 0.05) is 22.6 Å². The first-order valence-corrected chi connectivity index (χ1v) is 8.91. The van der Waals surface area contributed by atoms with Gasteiger partial charge in [0.15, 0.2) is 0 Å². The SMILES string of the molecule is COC(=O)c1cccc(-n2c(C)cc(/C=N\NC(=O)c3ccccc3O)c2C)c1. The summed E-state index contributed by atoms with van der Waals surface area (Å²) in [5.74, 6) is -1.01. The third kappa shape index (κ3) is 4.19. The summed E-state index contributed by atoms with van der Waals surface area (Å²) in [7, 11) is 1.35. The minimum atomic E-state index is -0.501. The van der Waals surface area contributed by atoms with Crippen molar-refractivity contribution in [2.24, 2.45) is 5.10 Å². The minimum Gasteiger partial charge on any atom is -0.507 e. The molecule has 0 fully saturated rings. The Morgan fingerprint density at radius 3 is 2.59 bits per heavy atom. The highest BCUT2D eigenvalue weighted by Crippen LogP contribution is 2.21. The van der Waals surface area contributed by atoms with E-state index >= 15 is 0 Å². The van der Waals surface area contributed by atoms with Gasteiger partial charge >= 0.3 is 5.97 Å². The number of hydrogen-bond acceptors (Lipinski definition) is 5. The van der Waals surface area contributed by atoms with Crippen LogP contribution in [0.3, 0.4) is 0 Å². The number of carbonyl (C=O) groups is 2. The Bertz CT molecular complexity index is 1100. The lowest BCUT2D eigenvalue weighted by Crippen LogP contribution is -2.17. The molecule has 148 valence electrons. The van der Waals surface area contributed by atoms with E-state index in [1.807, 2.05) is 30.5 Å². The first-order chi connectivity index (χ1) is 13.9. The maximum Gasteiger partial charge on any atom is 0.337 e. The van der Waals surface area contributed by atoms with E-state index in [0.29, 0.717) is 5.56 Å². The van der Waals surface area contributed by atoms with Gasteiger partial charge in [0.2, 0.25) is 0 Å². The molecule has 1 amide bonds. The Hall–Kier alpha value is -3.87. The molecule has 0 saturated heterocycles. The maximum atomic E-state index is 12.1. The molecule has 0 atom stereocenters. The molecule has 0 unspecified atom stereocenters. The van der Waals surface area contributed by atoms with Crippen LogP contribution in [0.5, 0.6) is 5.75 Å². The summed E-state index contributed by atoms with van der Waals surface area (Å²) in [6.45, 7) is 3.86. The average Bonchev–Trinajstić information content (AvgIpc) is 3.00. The molecule has 0 aliphatic heterocycles. The van der Waals surface area contributed by atoms with Gasteiger partial charge in [-0.3, -0.25) is 4.79 Å². The summed E-state index contributed by atoms with van der Waals surface area (Å²) in [5.41, 5.74) is 6.49. The predicted octanol–water partition coefficient (Wildman–Crippen LogP) is 3.35. The molecule has 0 aliphatic rings. The molecular weight excluding hydrogens is 370 g/mol. The van der Waals surface area contributed by atoms with Gasteiger partial charge in [-0.2, -0.15) is 5.10 Å². The lowest BCUT2D eigenvalue weighted by molar-refractivity contribution is 0.0600. The number of phenolic OH excluding ortho intramolecular Hbond substituents is 1. The van der Waals surface area contributed by atoms with Crippen LogP contribution in [0.25, 0.3) is 5.69 Å². The number of aromatic hydroxyl groups is 1. The van der Waals surface area contributed by atoms with Crippen molar-refractivity contribution in [3.8, 4) is 11.4 Å². The summed E-state index contributed by atoms with van der Waals surface area (Å²) in [6, 6.07) is 15.3. The number of aryl methyl sites for hydroxylation is 1. The van der Waals surface area contributed by atoms with Crippen molar-refractivity contribution in [3.05, 3.63) is 82.7 Å². The number of nitrogens with one attached hydrogen (secondary N) is 1. The number of methoxy groups -OCH3 is 1. The summed E-state index contributed by atoms with van der Waals surface area (Å²) in [4.78, 5) is 23.9. The van der Waals surface area contributed by atoms with Crippen molar-refractivity contribution in [2.75, 3.05) is 7.11 Å². The lowest BCUT2D eigenvalue weighted by Gasteiger charge is -2.11. The van der Waals surface area contributed by atoms with Crippen LogP contribution in [-0.2, 0) is 4.74 Å². The van der Waals surface area contributed by atoms with E-state index in [2.05, 4.69) is 10.5 Å². The zero-order valence-corrected chi connectivity index (χ0v) is 16.3. The first kappa shape index (κ1) is 19.9. The van der Waals surface area contributed by atoms with Crippen molar-refractivity contribution < 1.29 is 19.4 Å². The standard InChI is InChI=1S/C22H21N3O4/c1-14-11-17(13-23-24-21(27)19-9-4-5-10-20(19)26)15(2)25(14)18-8-6-7-16(12-18)22(28)29-3/h4-13,26H,1-3H3,(H,24,27)/b23-13-. The third-order valence-corrected chi connectivity index (χ3v) is 4.51. The highest BCUT2D eigenvalue weighted by atomic mass is 16.5. The lowest BCUT2D eigenvalue weighted by atomic mass is 10.2. The normalized spacial score (nSPS) is 10.9. The van der Waals surface area contributed by atoms with Crippen molar-refractivity contribution >= 4 is 18.1 Å². The number of aromatic nitrogens is 1. The van der Waals surface area contributed by atoms with Gasteiger partial charge in [0.1, 0.15) is 5.75 Å². The number of ether oxygens (including phenoxy) is 1. The minimum absolute atomic E-state index is 0.108. The fourth-order valence-corrected chi connectivity index (χ4v) is 3.09. The zero-order chi connectivity index (χ0) is 21.0. The molecule has 3 aromatic rings. The van der Waals surface area contributed by atoms with Crippen LogP contribution < -0.4 is 5.43 Å². The second-order valence-electron chi connectivity index (χ2n) is 6.42. The highest BCUT2D eigenvalue weighted by molar-refractivity contribution is 5.97. The number of rotatable bonds is 5. The quantitative estimate of drug-likeness (QED) is 0.396. The second-order valence-corrected chi connectivity index (χ2v) is 6.42. The molecule has 0 radical (unpaired) electrons. The Morgan fingerprint density at radius 2 is 1.86 bits per heavy atom. The van der Waals surface area contributed by atoms with Crippen molar-refractivity contribution in [1.29, 1.82) is 0 Å². The van der Waals surface area contributed by atoms with Crippen LogP contribution in [0.2, 0.25) is 0 Å². The molecule has 3 rings (SSSR count). The highest BCUT2D eigenvalue weighted by Gasteiger charge is 2.13. The van der Waals surface area contributed by atoms with E-state index in [-0.39, 0.29) is 11.3 Å². The second kappa shape index (κ2) is 8.43. The van der Waals surface area contributed by atoms with Crippen LogP contribution in [0.1, 0.15) is 37.7 Å². The van der Waals surface area contributed by atoms with Crippen LogP contribution in [0.15, 0.2) is 59.7 Å². The first-order valence-electron chi connectivity index (χ1n) is 8.91.